The zero-order valence-corrected chi connectivity index (χ0v) is 18.4. The third kappa shape index (κ3) is 4.22. The van der Waals surface area contributed by atoms with Crippen LogP contribution in [0.5, 0.6) is 0 Å². The van der Waals surface area contributed by atoms with Crippen LogP contribution >= 0.6 is 0 Å². The van der Waals surface area contributed by atoms with Crippen molar-refractivity contribution in [3.05, 3.63) is 40.7 Å². The lowest BCUT2D eigenvalue weighted by Crippen LogP contribution is -3.00. The molecule has 2 aromatic rings. The number of aromatic nitrogens is 2. The van der Waals surface area contributed by atoms with E-state index in [4.69, 9.17) is 0 Å². The van der Waals surface area contributed by atoms with Gasteiger partial charge in [-0.3, -0.25) is 0 Å². The minimum absolute atomic E-state index is 0. The molecule has 2 rings (SSSR count). The van der Waals surface area contributed by atoms with E-state index in [-0.39, 0.29) is 24.0 Å². The van der Waals surface area contributed by atoms with Crippen LogP contribution in [0.2, 0.25) is 0 Å². The topological polar surface area (TPSA) is 8.81 Å². The van der Waals surface area contributed by atoms with Crippen LogP contribution in [0, 0.1) is 27.7 Å². The number of nitrogens with zero attached hydrogens (tertiary/aromatic N) is 2. The van der Waals surface area contributed by atoms with Gasteiger partial charge in [0.2, 0.25) is 0 Å². The average Bonchev–Trinajstić information content (AvgIpc) is 2.75. The van der Waals surface area contributed by atoms with E-state index in [2.05, 4.69) is 68.9 Å². The van der Waals surface area contributed by atoms with Gasteiger partial charge in [-0.1, -0.05) is 44.9 Å². The Hall–Kier alpha value is -0.840. The molecule has 0 saturated carbocycles. The highest BCUT2D eigenvalue weighted by atomic mass is 127. The smallest absolute Gasteiger partial charge is 0.289 e. The zero-order chi connectivity index (χ0) is 17.0. The van der Waals surface area contributed by atoms with Gasteiger partial charge in [0.25, 0.3) is 5.82 Å². The largest absolute Gasteiger partial charge is 1.00 e. The van der Waals surface area contributed by atoms with E-state index >= 15 is 0 Å². The van der Waals surface area contributed by atoms with Gasteiger partial charge >= 0.3 is 0 Å². The maximum Gasteiger partial charge on any atom is 0.289 e. The zero-order valence-electron chi connectivity index (χ0n) is 16.2. The first-order valence-electron chi connectivity index (χ1n) is 9.19. The highest BCUT2D eigenvalue weighted by Crippen LogP contribution is 2.28. The van der Waals surface area contributed by atoms with Crippen molar-refractivity contribution in [2.75, 3.05) is 0 Å². The third-order valence-corrected chi connectivity index (χ3v) is 5.02. The quantitative estimate of drug-likeness (QED) is 0.462. The number of halogens is 1. The Kier molecular flexibility index (Phi) is 8.48. The van der Waals surface area contributed by atoms with E-state index in [0.29, 0.717) is 0 Å². The number of benzene rings is 1. The van der Waals surface area contributed by atoms with Crippen LogP contribution in [0.4, 0.5) is 0 Å². The van der Waals surface area contributed by atoms with Crippen molar-refractivity contribution in [3.8, 4) is 11.4 Å². The highest BCUT2D eigenvalue weighted by molar-refractivity contribution is 5.63. The van der Waals surface area contributed by atoms with E-state index in [0.717, 1.165) is 13.1 Å². The van der Waals surface area contributed by atoms with Gasteiger partial charge < -0.3 is 24.0 Å². The first kappa shape index (κ1) is 21.2. The molecule has 0 aliphatic rings. The highest BCUT2D eigenvalue weighted by Gasteiger charge is 2.28. The fourth-order valence-corrected chi connectivity index (χ4v) is 3.47. The lowest BCUT2D eigenvalue weighted by Gasteiger charge is -2.11. The maximum absolute atomic E-state index is 2.56. The Labute approximate surface area is 165 Å². The normalized spacial score (nSPS) is 10.8. The molecule has 2 nitrogen and oxygen atoms in total. The second kappa shape index (κ2) is 9.59. The first-order chi connectivity index (χ1) is 11.0. The SMILES string of the molecule is CCCCn1c(C)c(C)[n+](CCCC)c1-c1c(C)cccc1C.[I-]. The van der Waals surface area contributed by atoms with Crippen molar-refractivity contribution in [1.29, 1.82) is 0 Å². The standard InChI is InChI=1S/C21H33N2.HI/c1-7-9-14-22-18(5)19(6)23(15-10-8-2)21(22)20-16(3)12-11-13-17(20)4;/h11-13H,7-10,14-15H2,1-6H3;1H/q+1;/p-1. The second-order valence-electron chi connectivity index (χ2n) is 6.77. The Morgan fingerprint density at radius 2 is 1.50 bits per heavy atom. The Balaban J connectivity index is 0.00000288. The van der Waals surface area contributed by atoms with Crippen LogP contribution in [0.15, 0.2) is 18.2 Å². The summed E-state index contributed by atoms with van der Waals surface area (Å²) < 4.78 is 5.12. The number of rotatable bonds is 7. The van der Waals surface area contributed by atoms with Crippen molar-refractivity contribution in [3.63, 3.8) is 0 Å². The van der Waals surface area contributed by atoms with Crippen LogP contribution in [0.1, 0.15) is 62.0 Å². The molecule has 0 amide bonds. The van der Waals surface area contributed by atoms with E-state index in [1.165, 1.54) is 59.6 Å². The molecule has 24 heavy (non-hydrogen) atoms. The van der Waals surface area contributed by atoms with Gasteiger partial charge in [-0.15, -0.1) is 0 Å². The van der Waals surface area contributed by atoms with Gasteiger partial charge in [0, 0.05) is 13.8 Å². The number of unbranched alkanes of at least 4 members (excludes halogenated alkanes) is 2. The molecule has 1 aromatic carbocycles. The lowest BCUT2D eigenvalue weighted by atomic mass is 10.0. The molecule has 0 radical (unpaired) electrons. The number of hydrogen-bond acceptors (Lipinski definition) is 0. The van der Waals surface area contributed by atoms with E-state index in [1.807, 2.05) is 0 Å². The van der Waals surface area contributed by atoms with Crippen LogP contribution in [-0.4, -0.2) is 4.57 Å². The third-order valence-electron chi connectivity index (χ3n) is 5.02. The second-order valence-corrected chi connectivity index (χ2v) is 6.77. The molecule has 0 atom stereocenters. The minimum Gasteiger partial charge on any atom is -1.00 e. The summed E-state index contributed by atoms with van der Waals surface area (Å²) in [6.07, 6.45) is 4.94. The predicted molar refractivity (Wildman–Crippen MR) is 98.8 cm³/mol. The molecule has 0 aliphatic carbocycles. The summed E-state index contributed by atoms with van der Waals surface area (Å²) in [7, 11) is 0. The van der Waals surface area contributed by atoms with Gasteiger partial charge in [0.05, 0.1) is 18.7 Å². The van der Waals surface area contributed by atoms with Crippen molar-refractivity contribution >= 4 is 0 Å². The summed E-state index contributed by atoms with van der Waals surface area (Å²) in [5.41, 5.74) is 7.03. The fraction of sp³-hybridized carbons (Fsp3) is 0.571. The van der Waals surface area contributed by atoms with Crippen LogP contribution < -0.4 is 28.5 Å². The molecule has 0 bridgehead atoms. The molecule has 3 heteroatoms. The Bertz CT molecular complexity index is 619. The van der Waals surface area contributed by atoms with Gasteiger partial charge in [-0.2, -0.15) is 0 Å². The molecule has 0 unspecified atom stereocenters. The number of imidazole rings is 1. The monoisotopic (exact) mass is 440 g/mol. The molecule has 0 spiro atoms. The molecule has 1 heterocycles. The van der Waals surface area contributed by atoms with Crippen LogP contribution in [0.25, 0.3) is 11.4 Å². The summed E-state index contributed by atoms with van der Waals surface area (Å²) in [6.45, 7) is 15.8. The molecule has 134 valence electrons. The van der Waals surface area contributed by atoms with E-state index in [1.54, 1.807) is 0 Å². The van der Waals surface area contributed by atoms with Crippen LogP contribution in [0.3, 0.4) is 0 Å². The minimum atomic E-state index is 0. The fourth-order valence-electron chi connectivity index (χ4n) is 3.47. The van der Waals surface area contributed by atoms with E-state index in [9.17, 15) is 0 Å². The Morgan fingerprint density at radius 1 is 0.917 bits per heavy atom. The summed E-state index contributed by atoms with van der Waals surface area (Å²) in [5.74, 6) is 1.41. The molecule has 0 saturated heterocycles. The molecule has 0 N–H and O–H groups in total. The van der Waals surface area contributed by atoms with E-state index < -0.39 is 0 Å². The van der Waals surface area contributed by atoms with Crippen molar-refractivity contribution in [2.45, 2.75) is 80.3 Å². The van der Waals surface area contributed by atoms with Gasteiger partial charge in [-0.25, -0.2) is 9.13 Å². The number of hydrogen-bond donors (Lipinski definition) is 0. The molecular weight excluding hydrogens is 407 g/mol. The van der Waals surface area contributed by atoms with Gasteiger partial charge in [-0.05, 0) is 37.8 Å². The van der Waals surface area contributed by atoms with Crippen molar-refractivity contribution < 1.29 is 28.5 Å². The summed E-state index contributed by atoms with van der Waals surface area (Å²) in [4.78, 5) is 0. The molecule has 1 aromatic heterocycles. The van der Waals surface area contributed by atoms with Crippen molar-refractivity contribution in [1.82, 2.24) is 4.57 Å². The summed E-state index contributed by atoms with van der Waals surface area (Å²) in [5, 5.41) is 0. The number of aryl methyl sites for hydroxylation is 2. The van der Waals surface area contributed by atoms with Crippen molar-refractivity contribution in [2.24, 2.45) is 0 Å². The summed E-state index contributed by atoms with van der Waals surface area (Å²) in [6, 6.07) is 6.66. The van der Waals surface area contributed by atoms with Gasteiger partial charge in [0.15, 0.2) is 0 Å². The Morgan fingerprint density at radius 3 is 2.04 bits per heavy atom. The lowest BCUT2D eigenvalue weighted by molar-refractivity contribution is -0.691. The summed E-state index contributed by atoms with van der Waals surface area (Å²) >= 11 is 0. The molecule has 0 fully saturated rings. The first-order valence-corrected chi connectivity index (χ1v) is 9.19. The maximum atomic E-state index is 2.56. The van der Waals surface area contributed by atoms with Gasteiger partial charge in [0.1, 0.15) is 11.4 Å². The molecular formula is C21H33IN2. The predicted octanol–water partition coefficient (Wildman–Crippen LogP) is 2.28. The average molecular weight is 440 g/mol. The van der Waals surface area contributed by atoms with Crippen LogP contribution in [-0.2, 0) is 13.1 Å². The molecule has 0 aliphatic heterocycles.